The summed E-state index contributed by atoms with van der Waals surface area (Å²) in [5, 5.41) is 0. The molecule has 0 aromatic carbocycles. The van der Waals surface area contributed by atoms with Crippen LogP contribution in [0.1, 0.15) is 135 Å². The number of sulfonamides is 2. The van der Waals surface area contributed by atoms with E-state index in [-0.39, 0.29) is 0 Å². The first-order chi connectivity index (χ1) is 20.0. The van der Waals surface area contributed by atoms with Crippen LogP contribution in [0.15, 0.2) is 18.7 Å². The number of alkyl halides is 6. The van der Waals surface area contributed by atoms with Crippen LogP contribution in [-0.4, -0.2) is 32.4 Å². The molecule has 0 saturated heterocycles. The lowest BCUT2D eigenvalue weighted by atomic mass is 10.0. The number of halogens is 6. The molecule has 1 aromatic rings. The summed E-state index contributed by atoms with van der Waals surface area (Å²) in [6.07, 6.45) is 35.5. The summed E-state index contributed by atoms with van der Waals surface area (Å²) in [6.45, 7) is 3.48. The fraction of sp³-hybridized carbons (Fsp3) is 0.893. The number of nitrogens with zero attached hydrogens (tertiary/aromatic N) is 2. The summed E-state index contributed by atoms with van der Waals surface area (Å²) < 4.78 is 113. The van der Waals surface area contributed by atoms with E-state index < -0.39 is 35.2 Å². The van der Waals surface area contributed by atoms with E-state index in [0.717, 1.165) is 0 Å². The van der Waals surface area contributed by atoms with E-state index in [0.29, 0.717) is 0 Å². The van der Waals surface area contributed by atoms with Gasteiger partial charge in [0.25, 0.3) is 0 Å². The van der Waals surface area contributed by atoms with Crippen LogP contribution in [-0.2, 0) is 33.6 Å². The molecule has 7 nitrogen and oxygen atoms in total. The highest BCUT2D eigenvalue weighted by atomic mass is 32.3. The zero-order valence-corrected chi connectivity index (χ0v) is 27.3. The van der Waals surface area contributed by atoms with Crippen LogP contribution in [0.25, 0.3) is 0 Å². The number of aromatic nitrogens is 2. The topological polar surface area (TPSA) is 89.1 Å². The molecule has 0 aliphatic rings. The molecule has 0 bridgehead atoms. The van der Waals surface area contributed by atoms with Gasteiger partial charge >= 0.3 is 31.1 Å². The molecule has 15 heteroatoms. The van der Waals surface area contributed by atoms with Gasteiger partial charge in [0.05, 0.1) is 13.6 Å². The molecule has 1 rings (SSSR count). The highest BCUT2D eigenvalue weighted by molar-refractivity contribution is 8.05. The number of imidazole rings is 1. The zero-order valence-electron chi connectivity index (χ0n) is 25.7. The molecule has 0 unspecified atom stereocenters. The number of hydrogen-bond acceptors (Lipinski definition) is 4. The van der Waals surface area contributed by atoms with Crippen molar-refractivity contribution < 1.29 is 47.7 Å². The number of unbranched alkanes of at least 4 members (excludes halogenated alkanes) is 19. The predicted molar refractivity (Wildman–Crippen MR) is 157 cm³/mol. The number of nitrogens with one attached hydrogen (secondary N) is 1. The molecule has 0 amide bonds. The van der Waals surface area contributed by atoms with Crippen molar-refractivity contribution in [3.8, 4) is 0 Å². The molecule has 0 aliphatic carbocycles. The summed E-state index contributed by atoms with van der Waals surface area (Å²) in [5.41, 5.74) is -12.3. The Balaban J connectivity index is 0.000000994. The van der Waals surface area contributed by atoms with E-state index >= 15 is 0 Å². The smallest absolute Gasteiger partial charge is 0.240 e. The maximum Gasteiger partial charge on any atom is 0.512 e. The highest BCUT2D eigenvalue weighted by Gasteiger charge is 2.55. The average molecular weight is 673 g/mol. The number of hydrogen-bond donors (Lipinski definition) is 1. The van der Waals surface area contributed by atoms with Crippen LogP contribution in [0.5, 0.6) is 0 Å². The third kappa shape index (κ3) is 21.1. The fourth-order valence-electron chi connectivity index (χ4n) is 4.42. The van der Waals surface area contributed by atoms with Crippen LogP contribution in [0.3, 0.4) is 0 Å². The molecule has 0 saturated carbocycles. The van der Waals surface area contributed by atoms with Crippen molar-refractivity contribution in [2.75, 3.05) is 0 Å². The van der Waals surface area contributed by atoms with Gasteiger partial charge in [0.2, 0.25) is 6.33 Å². The lowest BCUT2D eigenvalue weighted by Crippen LogP contribution is -2.45. The van der Waals surface area contributed by atoms with Crippen molar-refractivity contribution in [3.63, 3.8) is 0 Å². The Bertz CT molecular complexity index is 1000. The molecule has 0 spiro atoms. The maximum absolute atomic E-state index is 11.5. The van der Waals surface area contributed by atoms with Crippen LogP contribution in [0, 0.1) is 0 Å². The minimum absolute atomic E-state index is 0.493. The Morgan fingerprint density at radius 3 is 1.14 bits per heavy atom. The standard InChI is InChI=1S/C26H51N2.C2HF6NO4S2/c1-3-4-5-6-7-8-9-10-11-12-13-14-15-16-17-18-19-20-21-22-23-28-25-24-27(2)26-28;3-1(4,5)14(10,11)9-15(12,13)2(6,7)8/h24-26H,3-23H2,1-2H3;9H/q+1;. The first-order valence-electron chi connectivity index (χ1n) is 15.5. The minimum atomic E-state index is -6.60. The van der Waals surface area contributed by atoms with Crippen molar-refractivity contribution in [1.82, 2.24) is 8.69 Å². The second kappa shape index (κ2) is 22.2. The van der Waals surface area contributed by atoms with Crippen molar-refractivity contribution in [3.05, 3.63) is 18.7 Å². The van der Waals surface area contributed by atoms with Gasteiger partial charge in [-0.3, -0.25) is 0 Å². The molecule has 43 heavy (non-hydrogen) atoms. The molecule has 0 fully saturated rings. The normalized spacial score (nSPS) is 12.7. The Labute approximate surface area is 254 Å². The first kappa shape index (κ1) is 41.7. The largest absolute Gasteiger partial charge is 0.512 e. The summed E-state index contributed by atoms with van der Waals surface area (Å²) >= 11 is 0. The third-order valence-electron chi connectivity index (χ3n) is 6.92. The molecule has 256 valence electrons. The van der Waals surface area contributed by atoms with Crippen LogP contribution in [0.4, 0.5) is 26.3 Å². The monoisotopic (exact) mass is 672 g/mol. The van der Waals surface area contributed by atoms with E-state index in [1.54, 1.807) is 0 Å². The van der Waals surface area contributed by atoms with Gasteiger partial charge in [-0.1, -0.05) is 127 Å². The van der Waals surface area contributed by atoms with Gasteiger partial charge < -0.3 is 0 Å². The van der Waals surface area contributed by atoms with Crippen molar-refractivity contribution in [1.29, 1.82) is 0 Å². The second-order valence-corrected chi connectivity index (χ2v) is 14.6. The third-order valence-corrected chi connectivity index (χ3v) is 9.90. The van der Waals surface area contributed by atoms with E-state index in [1.165, 1.54) is 135 Å². The van der Waals surface area contributed by atoms with Gasteiger partial charge in [-0.2, -0.15) is 26.3 Å². The Kier molecular flexibility index (Phi) is 21.5. The molecule has 0 atom stereocenters. The summed E-state index contributed by atoms with van der Waals surface area (Å²) in [4.78, 5) is 0. The van der Waals surface area contributed by atoms with Crippen molar-refractivity contribution in [2.24, 2.45) is 7.05 Å². The molecular formula is C28H52F6N3O4S2+. The molecule has 1 heterocycles. The summed E-state index contributed by atoms with van der Waals surface area (Å²) in [7, 11) is -11.1. The van der Waals surface area contributed by atoms with Gasteiger partial charge in [0.15, 0.2) is 0 Å². The van der Waals surface area contributed by atoms with Crippen LogP contribution >= 0.6 is 0 Å². The summed E-state index contributed by atoms with van der Waals surface area (Å²) in [6, 6.07) is 0. The Morgan fingerprint density at radius 1 is 0.581 bits per heavy atom. The number of rotatable bonds is 23. The zero-order chi connectivity index (χ0) is 32.8. The minimum Gasteiger partial charge on any atom is -0.240 e. The van der Waals surface area contributed by atoms with Gasteiger partial charge in [0.1, 0.15) is 12.4 Å². The first-order valence-corrected chi connectivity index (χ1v) is 18.4. The number of aryl methyl sites for hydroxylation is 2. The Hall–Kier alpha value is -1.35. The van der Waals surface area contributed by atoms with Crippen LogP contribution < -0.4 is 8.69 Å². The average Bonchev–Trinajstić information content (AvgIpc) is 3.31. The maximum atomic E-state index is 11.5. The predicted octanol–water partition coefficient (Wildman–Crippen LogP) is 8.41. The van der Waals surface area contributed by atoms with Gasteiger partial charge in [-0.05, 0) is 12.8 Å². The van der Waals surface area contributed by atoms with Crippen molar-refractivity contribution in [2.45, 2.75) is 153 Å². The quantitative estimate of drug-likeness (QED) is 0.0719. The van der Waals surface area contributed by atoms with Gasteiger partial charge in [-0.15, -0.1) is 0 Å². The van der Waals surface area contributed by atoms with E-state index in [1.807, 2.05) is 0 Å². The molecule has 0 aliphatic heterocycles. The van der Waals surface area contributed by atoms with E-state index in [2.05, 4.69) is 41.8 Å². The van der Waals surface area contributed by atoms with Crippen LogP contribution in [0.2, 0.25) is 0 Å². The molecule has 1 N–H and O–H groups in total. The SMILES string of the molecule is CCCCCCCCCCCCCCCCCCCCCCn1cc[n+](C)c1.O=S(=O)(NS(=O)(=O)C(F)(F)F)C(F)(F)F. The second-order valence-electron chi connectivity index (χ2n) is 11.0. The highest BCUT2D eigenvalue weighted by Crippen LogP contribution is 2.27. The summed E-state index contributed by atoms with van der Waals surface area (Å²) in [5.74, 6) is 0. The van der Waals surface area contributed by atoms with E-state index in [9.17, 15) is 43.2 Å². The Morgan fingerprint density at radius 2 is 0.884 bits per heavy atom. The van der Waals surface area contributed by atoms with Gasteiger partial charge in [-0.25, -0.2) is 26.0 Å². The lowest BCUT2D eigenvalue weighted by molar-refractivity contribution is -0.671. The molecule has 1 aromatic heterocycles. The lowest BCUT2D eigenvalue weighted by Gasteiger charge is -2.11. The van der Waals surface area contributed by atoms with Crippen molar-refractivity contribution >= 4 is 20.0 Å². The fourth-order valence-corrected chi connectivity index (χ4v) is 6.33. The van der Waals surface area contributed by atoms with Gasteiger partial charge in [0, 0.05) is 0 Å². The van der Waals surface area contributed by atoms with E-state index in [4.69, 9.17) is 0 Å². The molecule has 0 radical (unpaired) electrons. The molecular weight excluding hydrogens is 620 g/mol.